The van der Waals surface area contributed by atoms with Crippen LogP contribution in [0, 0.1) is 0 Å². The number of hydrogen-bond donors (Lipinski definition) is 1. The molecule has 1 saturated heterocycles. The third-order valence-corrected chi connectivity index (χ3v) is 3.96. The standard InChI is InChI=1S/C19H16N2O5/c1-26-19(25)13-5-2-6-14(10-13)20-18(24)12-4-3-7-15(11-12)21-16(22)8-9-17(21)23/h2-7,10-11H,8-9H2,1H3,(H,20,24). The maximum atomic E-state index is 12.5. The van der Waals surface area contributed by atoms with Gasteiger partial charge in [0.25, 0.3) is 5.91 Å². The van der Waals surface area contributed by atoms with Gasteiger partial charge in [0.05, 0.1) is 18.4 Å². The number of esters is 1. The summed E-state index contributed by atoms with van der Waals surface area (Å²) in [6.45, 7) is 0. The number of anilines is 2. The third-order valence-electron chi connectivity index (χ3n) is 3.96. The molecule has 1 fully saturated rings. The van der Waals surface area contributed by atoms with Crippen molar-refractivity contribution in [2.45, 2.75) is 12.8 Å². The SMILES string of the molecule is COC(=O)c1cccc(NC(=O)c2cccc(N3C(=O)CCC3=O)c2)c1. The van der Waals surface area contributed by atoms with Crippen molar-refractivity contribution in [3.8, 4) is 0 Å². The van der Waals surface area contributed by atoms with Crippen LogP contribution in [0.2, 0.25) is 0 Å². The van der Waals surface area contributed by atoms with Gasteiger partial charge in [0.15, 0.2) is 0 Å². The fourth-order valence-electron chi connectivity index (χ4n) is 2.70. The first-order valence-corrected chi connectivity index (χ1v) is 7.95. The topological polar surface area (TPSA) is 92.8 Å². The van der Waals surface area contributed by atoms with Gasteiger partial charge >= 0.3 is 5.97 Å². The van der Waals surface area contributed by atoms with Crippen molar-refractivity contribution in [1.29, 1.82) is 0 Å². The van der Waals surface area contributed by atoms with Crippen molar-refractivity contribution in [2.24, 2.45) is 0 Å². The van der Waals surface area contributed by atoms with E-state index in [0.29, 0.717) is 22.5 Å². The Kier molecular flexibility index (Phi) is 4.79. The molecule has 3 amide bonds. The number of rotatable bonds is 4. The Morgan fingerprint density at radius 3 is 2.31 bits per heavy atom. The Balaban J connectivity index is 1.81. The first-order valence-electron chi connectivity index (χ1n) is 7.95. The summed E-state index contributed by atoms with van der Waals surface area (Å²) in [4.78, 5) is 48.8. The summed E-state index contributed by atoms with van der Waals surface area (Å²) in [5.74, 6) is -1.49. The lowest BCUT2D eigenvalue weighted by Crippen LogP contribution is -2.28. The van der Waals surface area contributed by atoms with Crippen LogP contribution >= 0.6 is 0 Å². The Bertz CT molecular complexity index is 890. The summed E-state index contributed by atoms with van der Waals surface area (Å²) < 4.78 is 4.65. The number of methoxy groups -OCH3 is 1. The van der Waals surface area contributed by atoms with E-state index < -0.39 is 11.9 Å². The van der Waals surface area contributed by atoms with Crippen molar-refractivity contribution in [1.82, 2.24) is 0 Å². The molecule has 132 valence electrons. The highest BCUT2D eigenvalue weighted by atomic mass is 16.5. The van der Waals surface area contributed by atoms with Gasteiger partial charge < -0.3 is 10.1 Å². The zero-order chi connectivity index (χ0) is 18.7. The summed E-state index contributed by atoms with van der Waals surface area (Å²) >= 11 is 0. The smallest absolute Gasteiger partial charge is 0.337 e. The number of nitrogens with zero attached hydrogens (tertiary/aromatic N) is 1. The minimum Gasteiger partial charge on any atom is -0.465 e. The second kappa shape index (κ2) is 7.18. The maximum Gasteiger partial charge on any atom is 0.337 e. The number of carbonyl (C=O) groups excluding carboxylic acids is 4. The molecule has 26 heavy (non-hydrogen) atoms. The van der Waals surface area contributed by atoms with Gasteiger partial charge in [0.1, 0.15) is 0 Å². The van der Waals surface area contributed by atoms with Crippen molar-refractivity contribution < 1.29 is 23.9 Å². The summed E-state index contributed by atoms with van der Waals surface area (Å²) in [6.07, 6.45) is 0.352. The highest BCUT2D eigenvalue weighted by Gasteiger charge is 2.30. The molecule has 2 aromatic rings. The fourth-order valence-corrected chi connectivity index (χ4v) is 2.70. The fraction of sp³-hybridized carbons (Fsp3) is 0.158. The van der Waals surface area contributed by atoms with Crippen LogP contribution < -0.4 is 10.2 Å². The molecule has 0 aliphatic carbocycles. The molecule has 7 nitrogen and oxygen atoms in total. The first kappa shape index (κ1) is 17.3. The zero-order valence-corrected chi connectivity index (χ0v) is 14.0. The summed E-state index contributed by atoms with van der Waals surface area (Å²) in [5, 5.41) is 2.68. The van der Waals surface area contributed by atoms with Gasteiger partial charge in [-0.2, -0.15) is 0 Å². The molecule has 7 heteroatoms. The van der Waals surface area contributed by atoms with Gasteiger partial charge in [0, 0.05) is 24.1 Å². The Hall–Kier alpha value is -3.48. The highest BCUT2D eigenvalue weighted by molar-refractivity contribution is 6.20. The predicted molar refractivity (Wildman–Crippen MR) is 93.9 cm³/mol. The van der Waals surface area contributed by atoms with E-state index in [1.165, 1.54) is 19.2 Å². The van der Waals surface area contributed by atoms with E-state index in [9.17, 15) is 19.2 Å². The monoisotopic (exact) mass is 352 g/mol. The molecule has 0 aromatic heterocycles. The number of hydrogen-bond acceptors (Lipinski definition) is 5. The number of carbonyl (C=O) groups is 4. The second-order valence-corrected chi connectivity index (χ2v) is 5.70. The Morgan fingerprint density at radius 1 is 0.962 bits per heavy atom. The lowest BCUT2D eigenvalue weighted by Gasteiger charge is -2.15. The maximum absolute atomic E-state index is 12.5. The minimum absolute atomic E-state index is 0.176. The van der Waals surface area contributed by atoms with E-state index >= 15 is 0 Å². The van der Waals surface area contributed by atoms with Crippen LogP contribution in [0.5, 0.6) is 0 Å². The quantitative estimate of drug-likeness (QED) is 0.674. The van der Waals surface area contributed by atoms with Crippen molar-refractivity contribution in [2.75, 3.05) is 17.3 Å². The first-order chi connectivity index (χ1) is 12.5. The van der Waals surface area contributed by atoms with E-state index in [1.54, 1.807) is 36.4 Å². The molecule has 1 aliphatic heterocycles. The molecule has 0 bridgehead atoms. The van der Waals surface area contributed by atoms with Gasteiger partial charge in [-0.1, -0.05) is 12.1 Å². The minimum atomic E-state index is -0.505. The van der Waals surface area contributed by atoms with Crippen LogP contribution in [0.25, 0.3) is 0 Å². The molecular weight excluding hydrogens is 336 g/mol. The van der Waals surface area contributed by atoms with Gasteiger partial charge in [-0.25, -0.2) is 4.79 Å². The van der Waals surface area contributed by atoms with Crippen LogP contribution in [-0.4, -0.2) is 30.8 Å². The molecular formula is C19H16N2O5. The average molecular weight is 352 g/mol. The normalized spacial score (nSPS) is 13.7. The molecule has 3 rings (SSSR count). The molecule has 1 heterocycles. The molecule has 2 aromatic carbocycles. The molecule has 1 aliphatic rings. The molecule has 0 radical (unpaired) electrons. The van der Waals surface area contributed by atoms with Crippen molar-refractivity contribution >= 4 is 35.1 Å². The number of amides is 3. The third kappa shape index (κ3) is 3.46. The predicted octanol–water partition coefficient (Wildman–Crippen LogP) is 2.38. The summed E-state index contributed by atoms with van der Waals surface area (Å²) in [7, 11) is 1.28. The lowest BCUT2D eigenvalue weighted by atomic mass is 10.1. The summed E-state index contributed by atoms with van der Waals surface area (Å²) in [5.41, 5.74) is 1.40. The van der Waals surface area contributed by atoms with E-state index in [0.717, 1.165) is 4.90 Å². The van der Waals surface area contributed by atoms with Gasteiger partial charge in [-0.3, -0.25) is 19.3 Å². The van der Waals surface area contributed by atoms with E-state index in [2.05, 4.69) is 10.1 Å². The van der Waals surface area contributed by atoms with Crippen molar-refractivity contribution in [3.63, 3.8) is 0 Å². The van der Waals surface area contributed by atoms with Gasteiger partial charge in [-0.15, -0.1) is 0 Å². The molecule has 0 unspecified atom stereocenters. The van der Waals surface area contributed by atoms with Crippen LogP contribution in [-0.2, 0) is 14.3 Å². The number of benzene rings is 2. The van der Waals surface area contributed by atoms with E-state index in [4.69, 9.17) is 0 Å². The Labute approximate surface area is 149 Å². The lowest BCUT2D eigenvalue weighted by molar-refractivity contribution is -0.121. The van der Waals surface area contributed by atoms with Crippen LogP contribution in [0.3, 0.4) is 0 Å². The van der Waals surface area contributed by atoms with E-state index in [-0.39, 0.29) is 24.7 Å². The number of nitrogens with one attached hydrogen (secondary N) is 1. The molecule has 0 atom stereocenters. The van der Waals surface area contributed by atoms with Crippen LogP contribution in [0.1, 0.15) is 33.6 Å². The Morgan fingerprint density at radius 2 is 1.62 bits per heavy atom. The van der Waals surface area contributed by atoms with Crippen molar-refractivity contribution in [3.05, 3.63) is 59.7 Å². The molecule has 0 spiro atoms. The molecule has 1 N–H and O–H groups in total. The van der Waals surface area contributed by atoms with Crippen LogP contribution in [0.4, 0.5) is 11.4 Å². The number of imide groups is 1. The molecule has 0 saturated carbocycles. The number of ether oxygens (including phenoxy) is 1. The van der Waals surface area contributed by atoms with E-state index in [1.807, 2.05) is 0 Å². The summed E-state index contributed by atoms with van der Waals surface area (Å²) in [6, 6.07) is 12.6. The average Bonchev–Trinajstić information content (AvgIpc) is 2.99. The van der Waals surface area contributed by atoms with Crippen LogP contribution in [0.15, 0.2) is 48.5 Å². The van der Waals surface area contributed by atoms with Gasteiger partial charge in [0.2, 0.25) is 11.8 Å². The largest absolute Gasteiger partial charge is 0.465 e. The second-order valence-electron chi connectivity index (χ2n) is 5.70. The highest BCUT2D eigenvalue weighted by Crippen LogP contribution is 2.24. The zero-order valence-electron chi connectivity index (χ0n) is 14.0. The van der Waals surface area contributed by atoms with Gasteiger partial charge in [-0.05, 0) is 36.4 Å².